The normalized spacial score (nSPS) is 12.8. The Kier molecular flexibility index (Phi) is 9.67. The monoisotopic (exact) mass is 901 g/mol. The van der Waals surface area contributed by atoms with Gasteiger partial charge in [-0.25, -0.2) is 4.98 Å². The molecule has 338 valence electrons. The lowest BCUT2D eigenvalue weighted by Crippen LogP contribution is -2.26. The molecule has 6 heterocycles. The summed E-state index contributed by atoms with van der Waals surface area (Å²) < 4.78 is 11.3. The molecule has 12 rings (SSSR count). The van der Waals surface area contributed by atoms with Gasteiger partial charge < -0.3 is 9.64 Å². The zero-order valence-electron chi connectivity index (χ0n) is 40.1. The first-order valence-corrected chi connectivity index (χ1v) is 23.5. The van der Waals surface area contributed by atoms with E-state index >= 15 is 0 Å². The van der Waals surface area contributed by atoms with Gasteiger partial charge in [-0.1, -0.05) is 99.1 Å². The van der Waals surface area contributed by atoms with Crippen molar-refractivity contribution in [3.63, 3.8) is 0 Å². The number of aryl methyl sites for hydroxylation is 5. The number of pyridine rings is 2. The fraction of sp³-hybridized carbons (Fsp3) is 0.169. The van der Waals surface area contributed by atoms with Gasteiger partial charge in [0.15, 0.2) is 5.82 Å². The van der Waals surface area contributed by atoms with E-state index in [1.807, 2.05) is 36.8 Å². The van der Waals surface area contributed by atoms with E-state index in [4.69, 9.17) is 24.7 Å². The summed E-state index contributed by atoms with van der Waals surface area (Å²) in [6.07, 6.45) is 5.65. The highest BCUT2D eigenvalue weighted by Gasteiger charge is 2.32. The van der Waals surface area contributed by atoms with E-state index in [-0.39, 0.29) is 5.41 Å². The van der Waals surface area contributed by atoms with Crippen molar-refractivity contribution >= 4 is 66.6 Å². The number of para-hydroxylation sites is 3. The van der Waals surface area contributed by atoms with Crippen LogP contribution in [-0.2, 0) is 5.41 Å². The largest absolute Gasteiger partial charge is 0.457 e. The fourth-order valence-corrected chi connectivity index (χ4v) is 10.5. The fourth-order valence-electron chi connectivity index (χ4n) is 10.5. The van der Waals surface area contributed by atoms with Crippen molar-refractivity contribution in [1.82, 2.24) is 34.1 Å². The molecular formula is C59H51N9O. The molecule has 10 nitrogen and oxygen atoms in total. The van der Waals surface area contributed by atoms with E-state index in [1.165, 1.54) is 11.1 Å². The number of benzene rings is 6. The molecular weight excluding hydrogens is 851 g/mol. The average Bonchev–Trinajstić information content (AvgIpc) is 4.00. The van der Waals surface area contributed by atoms with Crippen LogP contribution in [0.4, 0.5) is 23.0 Å². The van der Waals surface area contributed by atoms with Crippen LogP contribution in [0, 0.1) is 34.6 Å². The SMILES string of the molecule is Cc1cc(C)c(-c2nc(N3CN(c4cccc(Oc5ccc6c7ccccc7n(-c7cc(C(C)(C)C)ccn7)c6c5)c4)c4cnccc43)nc(-n3c4c(C)cccc4c4cccc(C)c43)n2)c(C)c1. The third-order valence-electron chi connectivity index (χ3n) is 13.7. The number of ether oxygens (including phenoxy) is 1. The van der Waals surface area contributed by atoms with Gasteiger partial charge in [-0.3, -0.25) is 19.0 Å². The Morgan fingerprint density at radius 3 is 1.96 bits per heavy atom. The standard InChI is InChI=1S/C59H51N9O/c1-35-28-38(4)53(39(5)29-35)56-62-57(64-58(63-56)68-54-36(2)14-11-19-46(54)47-20-12-15-37(3)55(47)68)66-34-65(51-33-60-26-25-49(51)66)41-16-13-17-42(31-41)69-43-22-23-45-44-18-9-10-21-48(44)67(50(45)32-43)52-30-40(24-27-61-52)59(6,7)8/h9-33H,34H2,1-8H3. The zero-order chi connectivity index (χ0) is 47.3. The molecule has 0 radical (unpaired) electrons. The minimum atomic E-state index is -0.0264. The van der Waals surface area contributed by atoms with Gasteiger partial charge in [0.1, 0.15) is 24.0 Å². The van der Waals surface area contributed by atoms with E-state index < -0.39 is 0 Å². The summed E-state index contributed by atoms with van der Waals surface area (Å²) in [6.45, 7) is 17.9. The third kappa shape index (κ3) is 6.96. The average molecular weight is 902 g/mol. The van der Waals surface area contributed by atoms with Crippen LogP contribution in [0.2, 0.25) is 0 Å². The number of aromatic nitrogens is 7. The van der Waals surface area contributed by atoms with Crippen molar-refractivity contribution in [2.75, 3.05) is 16.5 Å². The lowest BCUT2D eigenvalue weighted by molar-refractivity contribution is 0.483. The van der Waals surface area contributed by atoms with Crippen molar-refractivity contribution in [2.24, 2.45) is 0 Å². The predicted octanol–water partition coefficient (Wildman–Crippen LogP) is 14.4. The molecule has 5 aromatic heterocycles. The van der Waals surface area contributed by atoms with Crippen molar-refractivity contribution in [3.8, 4) is 34.7 Å². The van der Waals surface area contributed by atoms with E-state index in [2.05, 4.69) is 195 Å². The van der Waals surface area contributed by atoms with Crippen molar-refractivity contribution < 1.29 is 4.74 Å². The molecule has 0 atom stereocenters. The first-order chi connectivity index (χ1) is 33.4. The Morgan fingerprint density at radius 2 is 1.20 bits per heavy atom. The second-order valence-corrected chi connectivity index (χ2v) is 19.5. The molecule has 11 aromatic rings. The molecule has 0 bridgehead atoms. The maximum absolute atomic E-state index is 6.77. The molecule has 6 aromatic carbocycles. The Bertz CT molecular complexity index is 3790. The number of hydrogen-bond acceptors (Lipinski definition) is 8. The van der Waals surface area contributed by atoms with Gasteiger partial charge in [0, 0.05) is 57.3 Å². The molecule has 0 saturated heterocycles. The number of rotatable bonds is 7. The first-order valence-electron chi connectivity index (χ1n) is 23.5. The van der Waals surface area contributed by atoms with Gasteiger partial charge in [-0.2, -0.15) is 15.0 Å². The van der Waals surface area contributed by atoms with Crippen molar-refractivity contribution in [1.29, 1.82) is 0 Å². The first kappa shape index (κ1) is 42.0. The van der Waals surface area contributed by atoms with Gasteiger partial charge in [0.2, 0.25) is 11.9 Å². The molecule has 0 amide bonds. The van der Waals surface area contributed by atoms with E-state index in [1.54, 1.807) is 0 Å². The van der Waals surface area contributed by atoms with Gasteiger partial charge in [0.25, 0.3) is 0 Å². The molecule has 0 fully saturated rings. The second-order valence-electron chi connectivity index (χ2n) is 19.5. The van der Waals surface area contributed by atoms with Crippen LogP contribution in [0.1, 0.15) is 54.2 Å². The van der Waals surface area contributed by atoms with Crippen LogP contribution < -0.4 is 14.5 Å². The minimum Gasteiger partial charge on any atom is -0.457 e. The topological polar surface area (TPSA) is 90.0 Å². The minimum absolute atomic E-state index is 0.0264. The van der Waals surface area contributed by atoms with Gasteiger partial charge in [0.05, 0.1) is 39.6 Å². The van der Waals surface area contributed by atoms with Crippen LogP contribution in [0.15, 0.2) is 152 Å². The van der Waals surface area contributed by atoms with Crippen LogP contribution in [-0.4, -0.2) is 40.7 Å². The summed E-state index contributed by atoms with van der Waals surface area (Å²) in [5.41, 5.74) is 15.0. The van der Waals surface area contributed by atoms with Crippen molar-refractivity contribution in [2.45, 2.75) is 60.8 Å². The molecule has 69 heavy (non-hydrogen) atoms. The number of anilines is 4. The molecule has 10 heteroatoms. The molecule has 0 spiro atoms. The summed E-state index contributed by atoms with van der Waals surface area (Å²) in [5.74, 6) is 4.04. The molecule has 0 unspecified atom stereocenters. The maximum atomic E-state index is 6.77. The van der Waals surface area contributed by atoms with Crippen LogP contribution >= 0.6 is 0 Å². The molecule has 0 saturated carbocycles. The molecule has 1 aliphatic rings. The maximum Gasteiger partial charge on any atom is 0.240 e. The summed E-state index contributed by atoms with van der Waals surface area (Å²) in [7, 11) is 0. The Balaban J connectivity index is 0.954. The summed E-state index contributed by atoms with van der Waals surface area (Å²) in [6, 6.07) is 46.8. The number of fused-ring (bicyclic) bond motifs is 7. The van der Waals surface area contributed by atoms with E-state index in [9.17, 15) is 0 Å². The zero-order valence-corrected chi connectivity index (χ0v) is 40.1. The smallest absolute Gasteiger partial charge is 0.240 e. The lowest BCUT2D eigenvalue weighted by atomic mass is 9.88. The van der Waals surface area contributed by atoms with Gasteiger partial charge >= 0.3 is 0 Å². The van der Waals surface area contributed by atoms with E-state index in [0.717, 1.165) is 100 Å². The molecule has 1 aliphatic heterocycles. The van der Waals surface area contributed by atoms with Gasteiger partial charge in [-0.15, -0.1) is 0 Å². The Hall–Kier alpha value is -8.37. The van der Waals surface area contributed by atoms with Gasteiger partial charge in [-0.05, 0) is 116 Å². The summed E-state index contributed by atoms with van der Waals surface area (Å²) in [5, 5.41) is 4.63. The predicted molar refractivity (Wildman–Crippen MR) is 280 cm³/mol. The summed E-state index contributed by atoms with van der Waals surface area (Å²) >= 11 is 0. The molecule has 0 aliphatic carbocycles. The lowest BCUT2D eigenvalue weighted by Gasteiger charge is -2.22. The Labute approximate surface area is 401 Å². The summed E-state index contributed by atoms with van der Waals surface area (Å²) in [4.78, 5) is 30.1. The highest BCUT2D eigenvalue weighted by molar-refractivity contribution is 6.11. The van der Waals surface area contributed by atoms with Crippen LogP contribution in [0.25, 0.3) is 66.8 Å². The Morgan fingerprint density at radius 1 is 0.522 bits per heavy atom. The second kappa shape index (κ2) is 15.9. The van der Waals surface area contributed by atoms with E-state index in [0.29, 0.717) is 30.1 Å². The molecule has 0 N–H and O–H groups in total. The van der Waals surface area contributed by atoms with Crippen LogP contribution in [0.5, 0.6) is 11.5 Å². The van der Waals surface area contributed by atoms with Crippen LogP contribution in [0.3, 0.4) is 0 Å². The number of hydrogen-bond donors (Lipinski definition) is 0. The quantitative estimate of drug-likeness (QED) is 0.156. The third-order valence-corrected chi connectivity index (χ3v) is 13.7. The van der Waals surface area contributed by atoms with Crippen molar-refractivity contribution in [3.05, 3.63) is 185 Å². The highest BCUT2D eigenvalue weighted by Crippen LogP contribution is 2.45. The highest BCUT2D eigenvalue weighted by atomic mass is 16.5. The number of nitrogens with zero attached hydrogens (tertiary/aromatic N) is 9.